The average molecular weight is 233 g/mol. The summed E-state index contributed by atoms with van der Waals surface area (Å²) in [6.07, 6.45) is 3.55. The van der Waals surface area contributed by atoms with Crippen molar-refractivity contribution in [1.29, 1.82) is 5.26 Å². The van der Waals surface area contributed by atoms with Crippen molar-refractivity contribution >= 4 is 29.3 Å². The summed E-state index contributed by atoms with van der Waals surface area (Å²) in [7, 11) is 0. The van der Waals surface area contributed by atoms with Crippen molar-refractivity contribution in [3.05, 3.63) is 35.9 Å². The van der Waals surface area contributed by atoms with Crippen LogP contribution in [0.1, 0.15) is 5.56 Å². The van der Waals surface area contributed by atoms with Crippen LogP contribution in [-0.4, -0.2) is 17.8 Å². The van der Waals surface area contributed by atoms with Crippen LogP contribution >= 0.6 is 11.6 Å². The number of hydrogen-bond donors (Lipinski definition) is 0. The Morgan fingerprint density at radius 1 is 1.50 bits per heavy atom. The number of carbonyl (C=O) groups excluding carboxylic acids is 1. The highest BCUT2D eigenvalue weighted by atomic mass is 35.5. The fourth-order valence-electron chi connectivity index (χ4n) is 1.73. The van der Waals surface area contributed by atoms with Crippen LogP contribution in [0.2, 0.25) is 0 Å². The Labute approximate surface area is 98.5 Å². The SMILES string of the molecule is N#CC1C=Cc2ccccc2N1C(=O)CCl. The average Bonchev–Trinajstić information content (AvgIpc) is 2.36. The smallest absolute Gasteiger partial charge is 0.243 e. The lowest BCUT2D eigenvalue weighted by molar-refractivity contribution is -0.116. The molecule has 0 radical (unpaired) electrons. The molecule has 80 valence electrons. The van der Waals surface area contributed by atoms with Gasteiger partial charge < -0.3 is 0 Å². The van der Waals surface area contributed by atoms with Gasteiger partial charge in [-0.25, -0.2) is 0 Å². The van der Waals surface area contributed by atoms with Crippen molar-refractivity contribution in [3.63, 3.8) is 0 Å². The van der Waals surface area contributed by atoms with E-state index in [4.69, 9.17) is 16.9 Å². The van der Waals surface area contributed by atoms with Gasteiger partial charge in [-0.1, -0.05) is 24.3 Å². The standard InChI is InChI=1S/C12H9ClN2O/c13-7-12(16)15-10(8-14)6-5-9-3-1-2-4-11(9)15/h1-6,10H,7H2. The molecule has 1 aromatic carbocycles. The quantitative estimate of drug-likeness (QED) is 0.697. The van der Waals surface area contributed by atoms with E-state index in [1.165, 1.54) is 4.90 Å². The fourth-order valence-corrected chi connectivity index (χ4v) is 1.86. The van der Waals surface area contributed by atoms with Gasteiger partial charge in [-0.15, -0.1) is 11.6 Å². The normalized spacial score (nSPS) is 17.8. The number of fused-ring (bicyclic) bond motifs is 1. The number of alkyl halides is 1. The van der Waals surface area contributed by atoms with Gasteiger partial charge >= 0.3 is 0 Å². The monoisotopic (exact) mass is 232 g/mol. The maximum Gasteiger partial charge on any atom is 0.243 e. The molecule has 0 N–H and O–H groups in total. The van der Waals surface area contributed by atoms with E-state index in [2.05, 4.69) is 6.07 Å². The molecule has 1 amide bonds. The van der Waals surface area contributed by atoms with E-state index < -0.39 is 6.04 Å². The summed E-state index contributed by atoms with van der Waals surface area (Å²) in [6, 6.07) is 8.93. The molecule has 3 nitrogen and oxygen atoms in total. The number of carbonyl (C=O) groups is 1. The van der Waals surface area contributed by atoms with E-state index in [0.29, 0.717) is 0 Å². The summed E-state index contributed by atoms with van der Waals surface area (Å²) in [5, 5.41) is 8.99. The predicted octanol–water partition coefficient (Wildman–Crippen LogP) is 2.18. The van der Waals surface area contributed by atoms with Gasteiger partial charge in [0.2, 0.25) is 5.91 Å². The zero-order chi connectivity index (χ0) is 11.5. The zero-order valence-corrected chi connectivity index (χ0v) is 9.19. The van der Waals surface area contributed by atoms with Gasteiger partial charge in [-0.3, -0.25) is 9.69 Å². The van der Waals surface area contributed by atoms with Crippen LogP contribution in [0.5, 0.6) is 0 Å². The van der Waals surface area contributed by atoms with Crippen molar-refractivity contribution in [1.82, 2.24) is 0 Å². The van der Waals surface area contributed by atoms with E-state index in [9.17, 15) is 4.79 Å². The number of halogens is 1. The van der Waals surface area contributed by atoms with Gasteiger partial charge in [0.15, 0.2) is 0 Å². The minimum atomic E-state index is -0.568. The largest absolute Gasteiger partial charge is 0.291 e. The number of nitriles is 1. The summed E-state index contributed by atoms with van der Waals surface area (Å²) in [5.41, 5.74) is 1.66. The zero-order valence-electron chi connectivity index (χ0n) is 8.43. The van der Waals surface area contributed by atoms with E-state index in [0.717, 1.165) is 11.3 Å². The molecule has 0 fully saturated rings. The third kappa shape index (κ3) is 1.68. The molecule has 0 spiro atoms. The molecule has 0 aromatic heterocycles. The molecule has 0 aliphatic carbocycles. The lowest BCUT2D eigenvalue weighted by Crippen LogP contribution is -2.41. The summed E-state index contributed by atoms with van der Waals surface area (Å²) in [6.45, 7) is 0. The maximum atomic E-state index is 11.7. The second kappa shape index (κ2) is 4.38. The van der Waals surface area contributed by atoms with Gasteiger partial charge in [0.1, 0.15) is 11.9 Å². The van der Waals surface area contributed by atoms with Crippen molar-refractivity contribution in [2.24, 2.45) is 0 Å². The van der Waals surface area contributed by atoms with Crippen LogP contribution in [0.15, 0.2) is 30.3 Å². The highest BCUT2D eigenvalue weighted by Gasteiger charge is 2.26. The first-order valence-electron chi connectivity index (χ1n) is 4.83. The Kier molecular flexibility index (Phi) is 2.93. The Morgan fingerprint density at radius 2 is 2.25 bits per heavy atom. The Morgan fingerprint density at radius 3 is 2.94 bits per heavy atom. The molecular weight excluding hydrogens is 224 g/mol. The van der Waals surface area contributed by atoms with Crippen LogP contribution < -0.4 is 4.90 Å². The van der Waals surface area contributed by atoms with Gasteiger partial charge in [-0.05, 0) is 17.7 Å². The molecule has 2 rings (SSSR count). The molecule has 1 aromatic rings. The van der Waals surface area contributed by atoms with Gasteiger partial charge in [0, 0.05) is 0 Å². The Bertz CT molecular complexity index is 490. The second-order valence-electron chi connectivity index (χ2n) is 3.39. The molecule has 0 saturated heterocycles. The van der Waals surface area contributed by atoms with Crippen LogP contribution in [0, 0.1) is 11.3 Å². The van der Waals surface area contributed by atoms with Gasteiger partial charge in [-0.2, -0.15) is 5.26 Å². The molecule has 1 atom stereocenters. The van der Waals surface area contributed by atoms with Crippen molar-refractivity contribution in [2.45, 2.75) is 6.04 Å². The first-order chi connectivity index (χ1) is 7.77. The number of anilines is 1. The van der Waals surface area contributed by atoms with Crippen molar-refractivity contribution < 1.29 is 4.79 Å². The third-order valence-corrected chi connectivity index (χ3v) is 2.68. The van der Waals surface area contributed by atoms with E-state index in [1.54, 1.807) is 6.08 Å². The molecule has 1 heterocycles. The number of rotatable bonds is 1. The van der Waals surface area contributed by atoms with E-state index in [-0.39, 0.29) is 11.8 Å². The number of hydrogen-bond acceptors (Lipinski definition) is 2. The number of benzene rings is 1. The summed E-state index contributed by atoms with van der Waals surface area (Å²) in [4.78, 5) is 13.1. The topological polar surface area (TPSA) is 44.1 Å². The molecule has 16 heavy (non-hydrogen) atoms. The number of nitrogens with zero attached hydrogens (tertiary/aromatic N) is 2. The third-order valence-electron chi connectivity index (χ3n) is 2.45. The Balaban J connectivity index is 2.51. The van der Waals surface area contributed by atoms with Crippen molar-refractivity contribution in [2.75, 3.05) is 10.8 Å². The molecule has 0 saturated carbocycles. The summed E-state index contributed by atoms with van der Waals surface area (Å²) in [5.74, 6) is -0.384. The predicted molar refractivity (Wildman–Crippen MR) is 63.1 cm³/mol. The van der Waals surface area contributed by atoms with Crippen LogP contribution in [0.3, 0.4) is 0 Å². The van der Waals surface area contributed by atoms with Gasteiger partial charge in [0.25, 0.3) is 0 Å². The maximum absolute atomic E-state index is 11.7. The summed E-state index contributed by atoms with van der Waals surface area (Å²) >= 11 is 5.55. The van der Waals surface area contributed by atoms with E-state index in [1.807, 2.05) is 30.3 Å². The fraction of sp³-hybridized carbons (Fsp3) is 0.167. The molecule has 0 bridgehead atoms. The van der Waals surface area contributed by atoms with Crippen LogP contribution in [0.4, 0.5) is 5.69 Å². The van der Waals surface area contributed by atoms with Crippen molar-refractivity contribution in [3.8, 4) is 6.07 Å². The molecular formula is C12H9ClN2O. The Hall–Kier alpha value is -1.79. The van der Waals surface area contributed by atoms with Crippen LogP contribution in [-0.2, 0) is 4.79 Å². The molecule has 1 aliphatic heterocycles. The lowest BCUT2D eigenvalue weighted by atomic mass is 10.0. The molecule has 1 unspecified atom stereocenters. The summed E-state index contributed by atoms with van der Waals surface area (Å²) < 4.78 is 0. The highest BCUT2D eigenvalue weighted by Crippen LogP contribution is 2.28. The second-order valence-corrected chi connectivity index (χ2v) is 3.66. The number of amides is 1. The van der Waals surface area contributed by atoms with E-state index >= 15 is 0 Å². The van der Waals surface area contributed by atoms with Gasteiger partial charge in [0.05, 0.1) is 11.8 Å². The first kappa shape index (κ1) is 10.7. The highest BCUT2D eigenvalue weighted by molar-refractivity contribution is 6.29. The first-order valence-corrected chi connectivity index (χ1v) is 5.36. The minimum absolute atomic E-state index is 0.125. The van der Waals surface area contributed by atoms with Crippen LogP contribution in [0.25, 0.3) is 6.08 Å². The lowest BCUT2D eigenvalue weighted by Gasteiger charge is -2.29. The molecule has 4 heteroatoms. The number of para-hydroxylation sites is 1. The molecule has 1 aliphatic rings. The minimum Gasteiger partial charge on any atom is -0.291 e.